The van der Waals surface area contributed by atoms with Crippen LogP contribution < -0.4 is 0 Å². The molecule has 1 heterocycles. The van der Waals surface area contributed by atoms with E-state index in [0.717, 1.165) is 30.4 Å². The number of hydrogen-bond acceptors (Lipinski definition) is 5. The molecule has 0 bridgehead atoms. The van der Waals surface area contributed by atoms with Crippen LogP contribution >= 0.6 is 0 Å². The van der Waals surface area contributed by atoms with Crippen molar-refractivity contribution in [1.82, 2.24) is 0 Å². The first-order valence-electron chi connectivity index (χ1n) is 12.0. The highest BCUT2D eigenvalue weighted by Crippen LogP contribution is 2.43. The Balaban J connectivity index is 1.42. The van der Waals surface area contributed by atoms with Crippen LogP contribution in [0.4, 0.5) is 0 Å². The summed E-state index contributed by atoms with van der Waals surface area (Å²) in [6.45, 7) is 2.13. The summed E-state index contributed by atoms with van der Waals surface area (Å²) in [6.07, 6.45) is 7.26. The van der Waals surface area contributed by atoms with Gasteiger partial charge >= 0.3 is 11.9 Å². The number of esters is 2. The first kappa shape index (κ1) is 23.2. The third-order valence-corrected chi connectivity index (χ3v) is 6.70. The molecule has 2 aromatic rings. The number of benzene rings is 2. The Morgan fingerprint density at radius 3 is 2.58 bits per heavy atom. The van der Waals surface area contributed by atoms with Gasteiger partial charge in [0.05, 0.1) is 18.1 Å². The molecule has 4 rings (SSSR count). The average Bonchev–Trinajstić information content (AvgIpc) is 3.33. The molecule has 5 atom stereocenters. The van der Waals surface area contributed by atoms with Gasteiger partial charge in [-0.15, -0.1) is 0 Å². The molecule has 5 heteroatoms. The molecule has 1 saturated carbocycles. The number of unbranched alkanes of at least 4 members (excludes halogenated alkanes) is 2. The number of carbonyl (C=O) groups is 2. The molecule has 2 fully saturated rings. The standard InChI is InChI=1S/C28H32O5/c1-2-3-5-10-22(29)15-16-23-24-17-27(30)32-26(24)18-25(23)33-28(31)21-13-11-20(12-14-21)19-8-6-4-7-9-19/h4,6-9,11-16,22-26,29H,2-3,5,10,17-18H2,1H3/b16-15+/t22-,23?,24+,25+,26-/m0/s1. The lowest BCUT2D eigenvalue weighted by Gasteiger charge is -2.20. The summed E-state index contributed by atoms with van der Waals surface area (Å²) in [5.74, 6) is -0.745. The van der Waals surface area contributed by atoms with Crippen LogP contribution in [0, 0.1) is 11.8 Å². The van der Waals surface area contributed by atoms with Gasteiger partial charge < -0.3 is 14.6 Å². The summed E-state index contributed by atoms with van der Waals surface area (Å²) >= 11 is 0. The van der Waals surface area contributed by atoms with Crippen molar-refractivity contribution in [3.63, 3.8) is 0 Å². The zero-order chi connectivity index (χ0) is 23.2. The summed E-state index contributed by atoms with van der Waals surface area (Å²) < 4.78 is 11.4. The number of carbonyl (C=O) groups excluding carboxylic acids is 2. The Hall–Kier alpha value is -2.92. The van der Waals surface area contributed by atoms with Crippen molar-refractivity contribution < 1.29 is 24.2 Å². The van der Waals surface area contributed by atoms with Gasteiger partial charge in [0.15, 0.2) is 0 Å². The number of fused-ring (bicyclic) bond motifs is 1. The van der Waals surface area contributed by atoms with E-state index in [9.17, 15) is 14.7 Å². The van der Waals surface area contributed by atoms with Crippen LogP contribution in [0.25, 0.3) is 11.1 Å². The molecule has 1 unspecified atom stereocenters. The fraction of sp³-hybridized carbons (Fsp3) is 0.429. The second-order valence-corrected chi connectivity index (χ2v) is 9.04. The van der Waals surface area contributed by atoms with Gasteiger partial charge in [0.25, 0.3) is 0 Å². The smallest absolute Gasteiger partial charge is 0.338 e. The maximum Gasteiger partial charge on any atom is 0.338 e. The lowest BCUT2D eigenvalue weighted by molar-refractivity contribution is -0.141. The highest BCUT2D eigenvalue weighted by atomic mass is 16.6. The van der Waals surface area contributed by atoms with Crippen molar-refractivity contribution in [3.05, 3.63) is 72.3 Å². The molecular weight excluding hydrogens is 416 g/mol. The first-order chi connectivity index (χ1) is 16.0. The van der Waals surface area contributed by atoms with Crippen molar-refractivity contribution in [2.24, 2.45) is 11.8 Å². The Labute approximate surface area is 195 Å². The van der Waals surface area contributed by atoms with Gasteiger partial charge in [0.2, 0.25) is 0 Å². The third kappa shape index (κ3) is 5.72. The zero-order valence-corrected chi connectivity index (χ0v) is 19.1. The Morgan fingerprint density at radius 2 is 1.85 bits per heavy atom. The van der Waals surface area contributed by atoms with E-state index in [4.69, 9.17) is 9.47 Å². The maximum absolute atomic E-state index is 12.9. The molecule has 33 heavy (non-hydrogen) atoms. The molecule has 0 spiro atoms. The van der Waals surface area contributed by atoms with Crippen molar-refractivity contribution >= 4 is 11.9 Å². The topological polar surface area (TPSA) is 72.8 Å². The fourth-order valence-electron chi connectivity index (χ4n) is 4.88. The van der Waals surface area contributed by atoms with Crippen LogP contribution in [0.1, 0.15) is 55.8 Å². The van der Waals surface area contributed by atoms with Gasteiger partial charge in [-0.1, -0.05) is 80.8 Å². The summed E-state index contributed by atoms with van der Waals surface area (Å²) in [4.78, 5) is 24.7. The molecule has 2 aliphatic rings. The van der Waals surface area contributed by atoms with Crippen LogP contribution in [0.3, 0.4) is 0 Å². The minimum atomic E-state index is -0.532. The second kappa shape index (κ2) is 10.8. The molecule has 1 aliphatic carbocycles. The van der Waals surface area contributed by atoms with Crippen molar-refractivity contribution in [2.45, 2.75) is 63.8 Å². The van der Waals surface area contributed by atoms with Crippen LogP contribution in [-0.4, -0.2) is 35.4 Å². The summed E-state index contributed by atoms with van der Waals surface area (Å²) in [7, 11) is 0. The zero-order valence-electron chi connectivity index (χ0n) is 19.1. The van der Waals surface area contributed by atoms with E-state index in [2.05, 4.69) is 6.92 Å². The molecule has 5 nitrogen and oxygen atoms in total. The normalized spacial score (nSPS) is 25.1. The van der Waals surface area contributed by atoms with E-state index >= 15 is 0 Å². The van der Waals surface area contributed by atoms with Gasteiger partial charge in [0, 0.05) is 18.3 Å². The lowest BCUT2D eigenvalue weighted by atomic mass is 9.91. The van der Waals surface area contributed by atoms with Crippen LogP contribution in [0.15, 0.2) is 66.7 Å². The van der Waals surface area contributed by atoms with Gasteiger partial charge in [-0.2, -0.15) is 0 Å². The van der Waals surface area contributed by atoms with Gasteiger partial charge in [-0.25, -0.2) is 4.79 Å². The van der Waals surface area contributed by atoms with E-state index in [1.807, 2.05) is 48.5 Å². The highest BCUT2D eigenvalue weighted by Gasteiger charge is 2.50. The van der Waals surface area contributed by atoms with Gasteiger partial charge in [-0.3, -0.25) is 4.79 Å². The van der Waals surface area contributed by atoms with E-state index in [1.165, 1.54) is 0 Å². The van der Waals surface area contributed by atoms with Crippen molar-refractivity contribution in [3.8, 4) is 11.1 Å². The van der Waals surface area contributed by atoms with E-state index in [0.29, 0.717) is 24.8 Å². The van der Waals surface area contributed by atoms with Crippen molar-refractivity contribution in [1.29, 1.82) is 0 Å². The van der Waals surface area contributed by atoms with Crippen LogP contribution in [-0.2, 0) is 14.3 Å². The fourth-order valence-corrected chi connectivity index (χ4v) is 4.88. The Kier molecular flexibility index (Phi) is 7.61. The lowest BCUT2D eigenvalue weighted by Crippen LogP contribution is -2.25. The molecule has 0 aromatic heterocycles. The SMILES string of the molecule is CCCCC[C@H](O)/C=C/C1[C@H]2CC(=O)O[C@H]2C[C@H]1OC(=O)c1ccc(-c2ccccc2)cc1. The Bertz CT molecular complexity index is 966. The predicted molar refractivity (Wildman–Crippen MR) is 126 cm³/mol. The molecule has 0 amide bonds. The molecule has 1 saturated heterocycles. The maximum atomic E-state index is 12.9. The average molecular weight is 449 g/mol. The molecular formula is C28H32O5. The predicted octanol–water partition coefficient (Wildman–Crippen LogP) is 5.33. The Morgan fingerprint density at radius 1 is 1.12 bits per heavy atom. The monoisotopic (exact) mass is 448 g/mol. The summed E-state index contributed by atoms with van der Waals surface area (Å²) in [5, 5.41) is 10.3. The quantitative estimate of drug-likeness (QED) is 0.319. The molecule has 0 radical (unpaired) electrons. The number of rotatable bonds is 9. The van der Waals surface area contributed by atoms with Crippen LogP contribution in [0.2, 0.25) is 0 Å². The van der Waals surface area contributed by atoms with E-state index < -0.39 is 6.10 Å². The number of aliphatic hydroxyl groups is 1. The molecule has 174 valence electrons. The number of ether oxygens (including phenoxy) is 2. The second-order valence-electron chi connectivity index (χ2n) is 9.04. The van der Waals surface area contributed by atoms with Crippen LogP contribution in [0.5, 0.6) is 0 Å². The van der Waals surface area contributed by atoms with E-state index in [1.54, 1.807) is 18.2 Å². The summed E-state index contributed by atoms with van der Waals surface area (Å²) in [5.41, 5.74) is 2.61. The molecule has 1 N–H and O–H groups in total. The third-order valence-electron chi connectivity index (χ3n) is 6.70. The molecule has 2 aromatic carbocycles. The number of hydrogen-bond donors (Lipinski definition) is 1. The molecule has 1 aliphatic heterocycles. The van der Waals surface area contributed by atoms with Gasteiger partial charge in [0.1, 0.15) is 12.2 Å². The minimum Gasteiger partial charge on any atom is -0.462 e. The minimum absolute atomic E-state index is 0.0187. The highest BCUT2D eigenvalue weighted by molar-refractivity contribution is 5.90. The van der Waals surface area contributed by atoms with E-state index in [-0.39, 0.29) is 36.0 Å². The largest absolute Gasteiger partial charge is 0.462 e. The summed E-state index contributed by atoms with van der Waals surface area (Å²) in [6, 6.07) is 17.4. The number of aliphatic hydroxyl groups excluding tert-OH is 1. The van der Waals surface area contributed by atoms with Crippen molar-refractivity contribution in [2.75, 3.05) is 0 Å². The first-order valence-corrected chi connectivity index (χ1v) is 12.0. The van der Waals surface area contributed by atoms with Gasteiger partial charge in [-0.05, 0) is 29.7 Å².